The molecule has 0 aromatic heterocycles. The molecule has 120 valence electrons. The predicted molar refractivity (Wildman–Crippen MR) is 77.6 cm³/mol. The molecule has 0 bridgehead atoms. The van der Waals surface area contributed by atoms with Gasteiger partial charge in [-0.05, 0) is 12.1 Å². The normalized spacial score (nSPS) is 22.9. The van der Waals surface area contributed by atoms with Crippen molar-refractivity contribution >= 4 is 6.29 Å². The van der Waals surface area contributed by atoms with Crippen molar-refractivity contribution in [3.8, 4) is 28.7 Å². The largest absolute Gasteiger partial charge is 0.508 e. The van der Waals surface area contributed by atoms with E-state index in [1.807, 2.05) is 0 Å². The van der Waals surface area contributed by atoms with Crippen LogP contribution in [-0.4, -0.2) is 37.9 Å². The topological polar surface area (TPSA) is 127 Å². The molecule has 3 rings (SSSR count). The van der Waals surface area contributed by atoms with Crippen LogP contribution in [0.4, 0.5) is 0 Å². The Morgan fingerprint density at radius 3 is 2.43 bits per heavy atom. The summed E-state index contributed by atoms with van der Waals surface area (Å²) in [6.07, 6.45) is -1.05. The monoisotopic (exact) mass is 318 g/mol. The summed E-state index contributed by atoms with van der Waals surface area (Å²) in [4.78, 5) is 11.7. The zero-order chi connectivity index (χ0) is 16.8. The van der Waals surface area contributed by atoms with E-state index in [1.54, 1.807) is 0 Å². The Kier molecular flexibility index (Phi) is 3.30. The number of phenols is 4. The van der Waals surface area contributed by atoms with E-state index in [1.165, 1.54) is 18.2 Å². The van der Waals surface area contributed by atoms with E-state index < -0.39 is 17.5 Å². The SMILES string of the molecule is O=CC1(c2ccc(O)c(O)c2)Oc2cc(O)cc(O)c2CC1O. The number of carbonyl (C=O) groups excluding carboxylic acids is 1. The molecule has 0 amide bonds. The number of carbonyl (C=O) groups is 1. The van der Waals surface area contributed by atoms with Gasteiger partial charge in [0.15, 0.2) is 17.8 Å². The van der Waals surface area contributed by atoms with Crippen LogP contribution < -0.4 is 4.74 Å². The maximum absolute atomic E-state index is 11.7. The standard InChI is InChI=1S/C16H14O7/c17-7-16(8-1-2-11(19)13(21)3-8)15(22)6-10-12(20)4-9(18)5-14(10)23-16/h1-5,7,15,18-22H,6H2. The number of aliphatic hydroxyl groups excluding tert-OH is 1. The lowest BCUT2D eigenvalue weighted by Gasteiger charge is -2.39. The highest BCUT2D eigenvalue weighted by molar-refractivity contribution is 5.71. The molecule has 23 heavy (non-hydrogen) atoms. The molecule has 2 atom stereocenters. The molecule has 2 aromatic rings. The summed E-state index contributed by atoms with van der Waals surface area (Å²) in [5.74, 6) is -1.31. The Balaban J connectivity index is 2.15. The number of hydrogen-bond acceptors (Lipinski definition) is 7. The fourth-order valence-electron chi connectivity index (χ4n) is 2.70. The first-order valence-corrected chi connectivity index (χ1v) is 6.78. The Labute approximate surface area is 130 Å². The van der Waals surface area contributed by atoms with Gasteiger partial charge in [0.2, 0.25) is 5.60 Å². The molecule has 2 unspecified atom stereocenters. The van der Waals surface area contributed by atoms with Crippen LogP contribution in [0, 0.1) is 0 Å². The Morgan fingerprint density at radius 2 is 1.78 bits per heavy atom. The van der Waals surface area contributed by atoms with Crippen LogP contribution in [0.1, 0.15) is 11.1 Å². The van der Waals surface area contributed by atoms with E-state index in [4.69, 9.17) is 4.74 Å². The number of phenolic OH excluding ortho intramolecular Hbond substituents is 4. The van der Waals surface area contributed by atoms with Gasteiger partial charge >= 0.3 is 0 Å². The second kappa shape index (κ2) is 5.06. The summed E-state index contributed by atoms with van der Waals surface area (Å²) < 4.78 is 5.59. The van der Waals surface area contributed by atoms with Gasteiger partial charge in [0.25, 0.3) is 0 Å². The molecule has 7 heteroatoms. The van der Waals surface area contributed by atoms with E-state index in [-0.39, 0.29) is 40.5 Å². The third-order valence-corrected chi connectivity index (χ3v) is 3.94. The number of rotatable bonds is 2. The first-order valence-electron chi connectivity index (χ1n) is 6.78. The highest BCUT2D eigenvalue weighted by Crippen LogP contribution is 2.45. The Bertz CT molecular complexity index is 786. The van der Waals surface area contributed by atoms with Gasteiger partial charge in [-0.15, -0.1) is 0 Å². The Morgan fingerprint density at radius 1 is 1.04 bits per heavy atom. The minimum atomic E-state index is -1.83. The van der Waals surface area contributed by atoms with Gasteiger partial charge in [-0.2, -0.15) is 0 Å². The third kappa shape index (κ3) is 2.22. The van der Waals surface area contributed by atoms with Crippen molar-refractivity contribution in [1.82, 2.24) is 0 Å². The molecule has 5 N–H and O–H groups in total. The quantitative estimate of drug-likeness (QED) is 0.411. The first-order chi connectivity index (χ1) is 10.9. The van der Waals surface area contributed by atoms with E-state index in [9.17, 15) is 30.3 Å². The van der Waals surface area contributed by atoms with Crippen molar-refractivity contribution < 1.29 is 35.1 Å². The molecular weight excluding hydrogens is 304 g/mol. The maximum Gasteiger partial charge on any atom is 0.215 e. The molecule has 0 saturated heterocycles. The number of aldehydes is 1. The molecular formula is C16H14O7. The second-order valence-corrected chi connectivity index (χ2v) is 5.38. The van der Waals surface area contributed by atoms with Gasteiger partial charge in [0, 0.05) is 29.7 Å². The highest BCUT2D eigenvalue weighted by atomic mass is 16.5. The highest BCUT2D eigenvalue weighted by Gasteiger charge is 2.47. The van der Waals surface area contributed by atoms with Crippen LogP contribution in [0.25, 0.3) is 0 Å². The minimum absolute atomic E-state index is 0.0486. The molecule has 0 aliphatic carbocycles. The summed E-state index contributed by atoms with van der Waals surface area (Å²) in [7, 11) is 0. The molecule has 0 fully saturated rings. The molecule has 2 aromatic carbocycles. The zero-order valence-electron chi connectivity index (χ0n) is 11.8. The average molecular weight is 318 g/mol. The summed E-state index contributed by atoms with van der Waals surface area (Å²) in [6, 6.07) is 5.94. The van der Waals surface area contributed by atoms with Crippen molar-refractivity contribution in [2.24, 2.45) is 0 Å². The lowest BCUT2D eigenvalue weighted by atomic mass is 9.83. The van der Waals surface area contributed by atoms with Crippen LogP contribution in [0.5, 0.6) is 28.7 Å². The number of ether oxygens (including phenoxy) is 1. The summed E-state index contributed by atoms with van der Waals surface area (Å²) in [6.45, 7) is 0. The average Bonchev–Trinajstić information content (AvgIpc) is 2.50. The lowest BCUT2D eigenvalue weighted by Crippen LogP contribution is -2.50. The molecule has 0 saturated carbocycles. The van der Waals surface area contributed by atoms with Gasteiger partial charge in [-0.25, -0.2) is 0 Å². The first kappa shape index (κ1) is 15.0. The minimum Gasteiger partial charge on any atom is -0.508 e. The fraction of sp³-hybridized carbons (Fsp3) is 0.188. The predicted octanol–water partition coefficient (Wildman–Crippen LogP) is 0.899. The molecule has 7 nitrogen and oxygen atoms in total. The van der Waals surface area contributed by atoms with Gasteiger partial charge in [0.1, 0.15) is 23.4 Å². The molecule has 0 spiro atoms. The van der Waals surface area contributed by atoms with Crippen LogP contribution >= 0.6 is 0 Å². The van der Waals surface area contributed by atoms with Crippen LogP contribution in [0.2, 0.25) is 0 Å². The van der Waals surface area contributed by atoms with Gasteiger partial charge in [0.05, 0.1) is 0 Å². The van der Waals surface area contributed by atoms with Crippen LogP contribution in [0.3, 0.4) is 0 Å². The molecule has 1 aliphatic heterocycles. The number of benzene rings is 2. The van der Waals surface area contributed by atoms with Crippen molar-refractivity contribution in [2.45, 2.75) is 18.1 Å². The lowest BCUT2D eigenvalue weighted by molar-refractivity contribution is -0.136. The Hall–Kier alpha value is -2.93. The van der Waals surface area contributed by atoms with Gasteiger partial charge in [-0.3, -0.25) is 4.79 Å². The number of hydrogen-bond donors (Lipinski definition) is 5. The van der Waals surface area contributed by atoms with E-state index in [0.717, 1.165) is 12.1 Å². The summed E-state index contributed by atoms with van der Waals surface area (Å²) in [5, 5.41) is 48.8. The molecule has 1 aliphatic rings. The van der Waals surface area contributed by atoms with Crippen LogP contribution in [-0.2, 0) is 16.8 Å². The second-order valence-electron chi connectivity index (χ2n) is 5.38. The number of aliphatic hydroxyl groups is 1. The van der Waals surface area contributed by atoms with Crippen LogP contribution in [0.15, 0.2) is 30.3 Å². The van der Waals surface area contributed by atoms with E-state index >= 15 is 0 Å². The zero-order valence-corrected chi connectivity index (χ0v) is 11.8. The van der Waals surface area contributed by atoms with Crippen molar-refractivity contribution in [3.05, 3.63) is 41.5 Å². The smallest absolute Gasteiger partial charge is 0.215 e. The number of fused-ring (bicyclic) bond motifs is 1. The summed E-state index contributed by atoms with van der Waals surface area (Å²) >= 11 is 0. The van der Waals surface area contributed by atoms with Crippen molar-refractivity contribution in [2.75, 3.05) is 0 Å². The fourth-order valence-corrected chi connectivity index (χ4v) is 2.70. The van der Waals surface area contributed by atoms with E-state index in [2.05, 4.69) is 0 Å². The van der Waals surface area contributed by atoms with Crippen molar-refractivity contribution in [1.29, 1.82) is 0 Å². The van der Waals surface area contributed by atoms with Gasteiger partial charge in [-0.1, -0.05) is 6.07 Å². The molecule has 0 radical (unpaired) electrons. The molecule has 1 heterocycles. The van der Waals surface area contributed by atoms with Crippen molar-refractivity contribution in [3.63, 3.8) is 0 Å². The van der Waals surface area contributed by atoms with E-state index in [0.29, 0.717) is 6.29 Å². The maximum atomic E-state index is 11.7. The van der Waals surface area contributed by atoms with Gasteiger partial charge < -0.3 is 30.3 Å². The number of aromatic hydroxyl groups is 4. The third-order valence-electron chi connectivity index (χ3n) is 3.94. The summed E-state index contributed by atoms with van der Waals surface area (Å²) in [5.41, 5.74) is -1.45.